The van der Waals surface area contributed by atoms with Crippen LogP contribution in [0.3, 0.4) is 0 Å². The molecule has 3 heteroatoms. The van der Waals surface area contributed by atoms with E-state index in [1.54, 1.807) is 6.07 Å². The summed E-state index contributed by atoms with van der Waals surface area (Å²) in [5.41, 5.74) is 0.704. The molecular formula is C12H12Cl2O. The largest absolute Gasteiger partial charge is 0.360 e. The zero-order valence-corrected chi connectivity index (χ0v) is 9.98. The van der Waals surface area contributed by atoms with Gasteiger partial charge in [-0.15, -0.1) is 0 Å². The topological polar surface area (TPSA) is 12.5 Å². The van der Waals surface area contributed by atoms with E-state index in [1.165, 1.54) is 0 Å². The van der Waals surface area contributed by atoms with Gasteiger partial charge in [-0.05, 0) is 24.6 Å². The van der Waals surface area contributed by atoms with Crippen molar-refractivity contribution < 1.29 is 4.74 Å². The lowest BCUT2D eigenvalue weighted by molar-refractivity contribution is 0.357. The predicted molar refractivity (Wildman–Crippen MR) is 63.5 cm³/mol. The van der Waals surface area contributed by atoms with Gasteiger partial charge in [0.1, 0.15) is 5.60 Å². The van der Waals surface area contributed by atoms with Crippen LogP contribution >= 0.6 is 23.2 Å². The molecule has 1 aromatic carbocycles. The summed E-state index contributed by atoms with van der Waals surface area (Å²) in [4.78, 5) is 0. The maximum atomic E-state index is 6.13. The van der Waals surface area contributed by atoms with Crippen LogP contribution < -0.4 is 0 Å². The molecule has 1 fully saturated rings. The van der Waals surface area contributed by atoms with Crippen LogP contribution in [0.5, 0.6) is 0 Å². The average molecular weight is 243 g/mol. The van der Waals surface area contributed by atoms with Crippen molar-refractivity contribution in [3.05, 3.63) is 46.0 Å². The lowest BCUT2D eigenvalue weighted by Crippen LogP contribution is -2.05. The number of halogens is 2. The number of allylic oxidation sites excluding steroid dienone is 1. The highest BCUT2D eigenvalue weighted by Crippen LogP contribution is 2.44. The first-order valence-corrected chi connectivity index (χ1v) is 5.71. The first-order valence-electron chi connectivity index (χ1n) is 4.95. The van der Waals surface area contributed by atoms with Crippen LogP contribution in [0, 0.1) is 0 Å². The van der Waals surface area contributed by atoms with Crippen molar-refractivity contribution >= 4 is 23.2 Å². The standard InChI is InChI=1S/C12H12Cl2O/c1-2-3-6-12(8-15-12)10-5-4-9(13)7-11(10)14/h3-7H,2,8H2,1H3/b6-3+. The minimum atomic E-state index is -0.294. The second-order valence-corrected chi connectivity index (χ2v) is 4.46. The van der Waals surface area contributed by atoms with Crippen molar-refractivity contribution in [2.45, 2.75) is 18.9 Å². The molecule has 0 spiro atoms. The molecule has 1 aliphatic heterocycles. The summed E-state index contributed by atoms with van der Waals surface area (Å²) < 4.78 is 5.49. The molecule has 0 bridgehead atoms. The molecule has 0 radical (unpaired) electrons. The first-order chi connectivity index (χ1) is 7.18. The van der Waals surface area contributed by atoms with Gasteiger partial charge in [0.2, 0.25) is 0 Å². The third-order valence-corrected chi connectivity index (χ3v) is 3.01. The van der Waals surface area contributed by atoms with Gasteiger partial charge < -0.3 is 4.74 Å². The maximum Gasteiger partial charge on any atom is 0.136 e. The Bertz CT molecular complexity index is 395. The van der Waals surface area contributed by atoms with E-state index in [0.717, 1.165) is 12.0 Å². The fraction of sp³-hybridized carbons (Fsp3) is 0.333. The summed E-state index contributed by atoms with van der Waals surface area (Å²) in [7, 11) is 0. The monoisotopic (exact) mass is 242 g/mol. The van der Waals surface area contributed by atoms with Gasteiger partial charge in [0.05, 0.1) is 6.61 Å². The molecule has 1 atom stereocenters. The first kappa shape index (κ1) is 11.0. The zero-order chi connectivity index (χ0) is 10.9. The number of epoxide rings is 1. The minimum Gasteiger partial charge on any atom is -0.360 e. The Kier molecular flexibility index (Phi) is 3.06. The van der Waals surface area contributed by atoms with Crippen LogP contribution in [0.15, 0.2) is 30.4 Å². The second-order valence-electron chi connectivity index (χ2n) is 3.61. The Morgan fingerprint density at radius 2 is 2.20 bits per heavy atom. The van der Waals surface area contributed by atoms with E-state index in [1.807, 2.05) is 12.1 Å². The molecule has 1 heterocycles. The Labute approximate surface area is 99.6 Å². The summed E-state index contributed by atoms with van der Waals surface area (Å²) in [6.45, 7) is 2.79. The van der Waals surface area contributed by atoms with E-state index in [2.05, 4.69) is 19.1 Å². The molecule has 1 aromatic rings. The number of hydrogen-bond donors (Lipinski definition) is 0. The van der Waals surface area contributed by atoms with E-state index >= 15 is 0 Å². The third-order valence-electron chi connectivity index (χ3n) is 2.47. The van der Waals surface area contributed by atoms with Crippen LogP contribution in [0.1, 0.15) is 18.9 Å². The Morgan fingerprint density at radius 1 is 1.47 bits per heavy atom. The lowest BCUT2D eigenvalue weighted by atomic mass is 9.99. The van der Waals surface area contributed by atoms with Crippen molar-refractivity contribution in [1.29, 1.82) is 0 Å². The molecule has 1 aliphatic rings. The third kappa shape index (κ3) is 2.20. The van der Waals surface area contributed by atoms with Crippen molar-refractivity contribution in [2.75, 3.05) is 6.61 Å². The van der Waals surface area contributed by atoms with E-state index in [0.29, 0.717) is 16.7 Å². The van der Waals surface area contributed by atoms with Crippen LogP contribution in [-0.4, -0.2) is 6.61 Å². The Morgan fingerprint density at radius 3 is 2.73 bits per heavy atom. The lowest BCUT2D eigenvalue weighted by Gasteiger charge is -2.09. The number of benzene rings is 1. The highest BCUT2D eigenvalue weighted by Gasteiger charge is 2.45. The van der Waals surface area contributed by atoms with Gasteiger partial charge in [-0.2, -0.15) is 0 Å². The molecule has 2 rings (SSSR count). The summed E-state index contributed by atoms with van der Waals surface area (Å²) >= 11 is 12.0. The molecule has 15 heavy (non-hydrogen) atoms. The van der Waals surface area contributed by atoms with Gasteiger partial charge in [0, 0.05) is 15.6 Å². The molecule has 0 aromatic heterocycles. The van der Waals surface area contributed by atoms with Crippen molar-refractivity contribution in [3.63, 3.8) is 0 Å². The van der Waals surface area contributed by atoms with Crippen LogP contribution in [0.25, 0.3) is 0 Å². The highest BCUT2D eigenvalue weighted by atomic mass is 35.5. The van der Waals surface area contributed by atoms with Gasteiger partial charge in [-0.3, -0.25) is 0 Å². The molecule has 0 N–H and O–H groups in total. The molecule has 0 amide bonds. The summed E-state index contributed by atoms with van der Waals surface area (Å²) in [5, 5.41) is 1.32. The van der Waals surface area contributed by atoms with Gasteiger partial charge >= 0.3 is 0 Å². The van der Waals surface area contributed by atoms with E-state index < -0.39 is 0 Å². The van der Waals surface area contributed by atoms with Crippen molar-refractivity contribution in [2.24, 2.45) is 0 Å². The second kappa shape index (κ2) is 4.17. The molecule has 1 nitrogen and oxygen atoms in total. The molecule has 0 aliphatic carbocycles. The normalized spacial score (nSPS) is 24.7. The smallest absolute Gasteiger partial charge is 0.136 e. The van der Waals surface area contributed by atoms with Gasteiger partial charge in [-0.1, -0.05) is 42.3 Å². The molecular weight excluding hydrogens is 231 g/mol. The van der Waals surface area contributed by atoms with Gasteiger partial charge in [0.15, 0.2) is 0 Å². The molecule has 80 valence electrons. The fourth-order valence-electron chi connectivity index (χ4n) is 1.56. The van der Waals surface area contributed by atoms with Crippen molar-refractivity contribution in [3.8, 4) is 0 Å². The SMILES string of the molecule is CC/C=C/C1(c2ccc(Cl)cc2Cl)CO1. The van der Waals surface area contributed by atoms with Gasteiger partial charge in [0.25, 0.3) is 0 Å². The number of ether oxygens (including phenoxy) is 1. The summed E-state index contributed by atoms with van der Waals surface area (Å²) in [6.07, 6.45) is 5.16. The fourth-order valence-corrected chi connectivity index (χ4v) is 2.13. The summed E-state index contributed by atoms with van der Waals surface area (Å²) in [6, 6.07) is 5.52. The van der Waals surface area contributed by atoms with Crippen LogP contribution in [0.2, 0.25) is 10.0 Å². The number of rotatable bonds is 3. The highest BCUT2D eigenvalue weighted by molar-refractivity contribution is 6.35. The molecule has 1 saturated heterocycles. The quantitative estimate of drug-likeness (QED) is 0.573. The Balaban J connectivity index is 2.33. The predicted octanol–water partition coefficient (Wildman–Crippen LogP) is 4.19. The van der Waals surface area contributed by atoms with E-state index in [-0.39, 0.29) is 5.60 Å². The number of hydrogen-bond acceptors (Lipinski definition) is 1. The van der Waals surface area contributed by atoms with E-state index in [4.69, 9.17) is 27.9 Å². The van der Waals surface area contributed by atoms with Crippen molar-refractivity contribution in [1.82, 2.24) is 0 Å². The molecule has 0 saturated carbocycles. The minimum absolute atomic E-state index is 0.294. The maximum absolute atomic E-state index is 6.13. The van der Waals surface area contributed by atoms with Gasteiger partial charge in [-0.25, -0.2) is 0 Å². The Hall–Kier alpha value is -0.500. The van der Waals surface area contributed by atoms with E-state index in [9.17, 15) is 0 Å². The van der Waals surface area contributed by atoms with Crippen LogP contribution in [-0.2, 0) is 10.3 Å². The van der Waals surface area contributed by atoms with Crippen LogP contribution in [0.4, 0.5) is 0 Å². The molecule has 1 unspecified atom stereocenters. The summed E-state index contributed by atoms with van der Waals surface area (Å²) in [5.74, 6) is 0. The zero-order valence-electron chi connectivity index (χ0n) is 8.47. The average Bonchev–Trinajstić information content (AvgIpc) is 2.96.